The summed E-state index contributed by atoms with van der Waals surface area (Å²) in [5.41, 5.74) is 1.61. The van der Waals surface area contributed by atoms with E-state index in [9.17, 15) is 19.8 Å². The highest BCUT2D eigenvalue weighted by Gasteiger charge is 2.46. The van der Waals surface area contributed by atoms with E-state index >= 15 is 0 Å². The first-order valence-corrected chi connectivity index (χ1v) is 9.67. The molecule has 1 aliphatic rings. The van der Waals surface area contributed by atoms with Crippen molar-refractivity contribution < 1.29 is 19.8 Å². The number of benzene rings is 3. The summed E-state index contributed by atoms with van der Waals surface area (Å²) in [5.74, 6) is -1.67. The van der Waals surface area contributed by atoms with Crippen LogP contribution in [-0.4, -0.2) is 21.9 Å². The zero-order valence-electron chi connectivity index (χ0n) is 15.1. The van der Waals surface area contributed by atoms with Crippen molar-refractivity contribution in [3.63, 3.8) is 0 Å². The minimum absolute atomic E-state index is 0.0246. The van der Waals surface area contributed by atoms with Crippen LogP contribution in [0.25, 0.3) is 5.76 Å². The Bertz CT molecular complexity index is 1110. The average Bonchev–Trinajstić information content (AvgIpc) is 3.00. The molecule has 5 nitrogen and oxygen atoms in total. The molecule has 1 saturated heterocycles. The number of hydrogen-bond donors (Lipinski definition) is 2. The van der Waals surface area contributed by atoms with Crippen LogP contribution in [0.5, 0.6) is 5.75 Å². The van der Waals surface area contributed by atoms with Gasteiger partial charge in [-0.1, -0.05) is 58.4 Å². The fourth-order valence-corrected chi connectivity index (χ4v) is 3.69. The van der Waals surface area contributed by atoms with Crippen molar-refractivity contribution in [2.45, 2.75) is 6.04 Å². The van der Waals surface area contributed by atoms with Crippen LogP contribution in [0.3, 0.4) is 0 Å². The number of carbonyl (C=O) groups is 2. The van der Waals surface area contributed by atoms with Gasteiger partial charge in [0.15, 0.2) is 0 Å². The fraction of sp³-hybridized carbons (Fsp3) is 0.0435. The summed E-state index contributed by atoms with van der Waals surface area (Å²) in [4.78, 5) is 27.2. The van der Waals surface area contributed by atoms with E-state index < -0.39 is 17.7 Å². The molecule has 1 amide bonds. The molecule has 4 rings (SSSR count). The number of Topliss-reactive ketones (excluding diaryl/α,β-unsaturated/α-hetero) is 1. The molecule has 1 fully saturated rings. The lowest BCUT2D eigenvalue weighted by atomic mass is 9.95. The minimum Gasteiger partial charge on any atom is -0.508 e. The predicted molar refractivity (Wildman–Crippen MR) is 113 cm³/mol. The summed E-state index contributed by atoms with van der Waals surface area (Å²) >= 11 is 3.39. The molecule has 1 heterocycles. The van der Waals surface area contributed by atoms with Crippen LogP contribution in [0.15, 0.2) is 88.9 Å². The summed E-state index contributed by atoms with van der Waals surface area (Å²) in [5, 5.41) is 20.5. The Morgan fingerprint density at radius 3 is 2.10 bits per heavy atom. The third-order valence-electron chi connectivity index (χ3n) is 4.81. The number of nitrogens with zero attached hydrogens (tertiary/aromatic N) is 1. The van der Waals surface area contributed by atoms with Crippen molar-refractivity contribution in [2.75, 3.05) is 4.90 Å². The number of hydrogen-bond acceptors (Lipinski definition) is 4. The zero-order valence-corrected chi connectivity index (χ0v) is 16.7. The number of phenols is 1. The van der Waals surface area contributed by atoms with E-state index in [-0.39, 0.29) is 17.1 Å². The van der Waals surface area contributed by atoms with Crippen molar-refractivity contribution in [3.8, 4) is 5.75 Å². The quantitative estimate of drug-likeness (QED) is 0.342. The summed E-state index contributed by atoms with van der Waals surface area (Å²) in [6.45, 7) is 0. The van der Waals surface area contributed by atoms with Gasteiger partial charge in [-0.05, 0) is 42.0 Å². The van der Waals surface area contributed by atoms with Gasteiger partial charge >= 0.3 is 0 Å². The summed E-state index contributed by atoms with van der Waals surface area (Å²) in [6, 6.07) is 21.1. The molecule has 3 aromatic carbocycles. The number of amides is 1. The van der Waals surface area contributed by atoms with Crippen molar-refractivity contribution in [1.29, 1.82) is 0 Å². The number of carbonyl (C=O) groups excluding carboxylic acids is 2. The van der Waals surface area contributed by atoms with Crippen molar-refractivity contribution in [3.05, 3.63) is 100 Å². The van der Waals surface area contributed by atoms with Gasteiger partial charge in [-0.2, -0.15) is 0 Å². The summed E-state index contributed by atoms with van der Waals surface area (Å²) < 4.78 is 0.853. The molecule has 0 bridgehead atoms. The second-order valence-electron chi connectivity index (χ2n) is 6.60. The maximum Gasteiger partial charge on any atom is 0.300 e. The van der Waals surface area contributed by atoms with Gasteiger partial charge in [0.05, 0.1) is 11.6 Å². The monoisotopic (exact) mass is 449 g/mol. The molecule has 0 spiro atoms. The molecule has 144 valence electrons. The van der Waals surface area contributed by atoms with Gasteiger partial charge in [0.25, 0.3) is 11.7 Å². The number of halogens is 1. The van der Waals surface area contributed by atoms with Crippen molar-refractivity contribution in [1.82, 2.24) is 0 Å². The van der Waals surface area contributed by atoms with Gasteiger partial charge in [0.1, 0.15) is 11.5 Å². The number of phenolic OH excluding ortho intramolecular Hbond substituents is 1. The molecule has 0 saturated carbocycles. The molecule has 3 aromatic rings. The molecule has 29 heavy (non-hydrogen) atoms. The normalized spacial score (nSPS) is 18.2. The minimum atomic E-state index is -0.798. The Morgan fingerprint density at radius 1 is 0.862 bits per heavy atom. The fourth-order valence-electron chi connectivity index (χ4n) is 3.42. The Hall–Kier alpha value is -3.38. The maximum atomic E-state index is 13.0. The Labute approximate surface area is 175 Å². The third-order valence-corrected chi connectivity index (χ3v) is 5.33. The molecule has 1 atom stereocenters. The number of anilines is 1. The molecule has 6 heteroatoms. The molecule has 0 aliphatic carbocycles. The van der Waals surface area contributed by atoms with Crippen LogP contribution < -0.4 is 4.90 Å². The van der Waals surface area contributed by atoms with Crippen molar-refractivity contribution in [2.24, 2.45) is 0 Å². The Kier molecular flexibility index (Phi) is 4.94. The molecule has 0 unspecified atom stereocenters. The smallest absolute Gasteiger partial charge is 0.300 e. The number of ketones is 1. The molecule has 0 aromatic heterocycles. The topological polar surface area (TPSA) is 77.8 Å². The molecule has 0 radical (unpaired) electrons. The lowest BCUT2D eigenvalue weighted by molar-refractivity contribution is -0.132. The number of aliphatic hydroxyl groups is 1. The maximum absolute atomic E-state index is 13.0. The van der Waals surface area contributed by atoms with E-state index in [2.05, 4.69) is 15.9 Å². The SMILES string of the molecule is O=C1C(=O)N(c2ccc(O)cc2)[C@H](c2ccc(Br)cc2)/C1=C(\O)c1ccccc1. The van der Waals surface area contributed by atoms with E-state index in [4.69, 9.17) is 0 Å². The zero-order chi connectivity index (χ0) is 20.5. The standard InChI is InChI=1S/C23H16BrNO4/c24-16-8-6-14(7-9-16)20-19(21(27)15-4-2-1-3-5-15)22(28)23(29)25(20)17-10-12-18(26)13-11-17/h1-13,20,26-27H/b21-19+/t20-/m1/s1. The van der Waals surface area contributed by atoms with E-state index in [1.54, 1.807) is 54.6 Å². The highest BCUT2D eigenvalue weighted by atomic mass is 79.9. The van der Waals surface area contributed by atoms with E-state index in [0.717, 1.165) is 4.47 Å². The van der Waals surface area contributed by atoms with E-state index in [0.29, 0.717) is 16.8 Å². The van der Waals surface area contributed by atoms with Crippen LogP contribution in [0, 0.1) is 0 Å². The van der Waals surface area contributed by atoms with Crippen LogP contribution in [0.1, 0.15) is 17.2 Å². The number of aliphatic hydroxyl groups excluding tert-OH is 1. The molecule has 1 aliphatic heterocycles. The second kappa shape index (κ2) is 7.56. The number of rotatable bonds is 3. The Balaban J connectivity index is 1.94. The second-order valence-corrected chi connectivity index (χ2v) is 7.52. The summed E-state index contributed by atoms with van der Waals surface area (Å²) in [6.07, 6.45) is 0. The van der Waals surface area contributed by atoms with Gasteiger partial charge in [-0.15, -0.1) is 0 Å². The highest BCUT2D eigenvalue weighted by molar-refractivity contribution is 9.10. The highest BCUT2D eigenvalue weighted by Crippen LogP contribution is 2.42. The van der Waals surface area contributed by atoms with E-state index in [1.807, 2.05) is 12.1 Å². The van der Waals surface area contributed by atoms with E-state index in [1.165, 1.54) is 17.0 Å². The lowest BCUT2D eigenvalue weighted by Crippen LogP contribution is -2.29. The molecular weight excluding hydrogens is 434 g/mol. The van der Waals surface area contributed by atoms with Gasteiger partial charge in [-0.25, -0.2) is 0 Å². The Morgan fingerprint density at radius 2 is 1.48 bits per heavy atom. The first kappa shape index (κ1) is 19.0. The van der Waals surface area contributed by atoms with Crippen LogP contribution in [0.2, 0.25) is 0 Å². The first-order chi connectivity index (χ1) is 14.0. The lowest BCUT2D eigenvalue weighted by Gasteiger charge is -2.25. The number of aromatic hydroxyl groups is 1. The largest absolute Gasteiger partial charge is 0.508 e. The molecule has 2 N–H and O–H groups in total. The van der Waals surface area contributed by atoms with Gasteiger partial charge in [0, 0.05) is 15.7 Å². The predicted octanol–water partition coefficient (Wildman–Crippen LogP) is 4.78. The van der Waals surface area contributed by atoms with Gasteiger partial charge < -0.3 is 10.2 Å². The summed E-state index contributed by atoms with van der Waals surface area (Å²) in [7, 11) is 0. The van der Waals surface area contributed by atoms with Crippen LogP contribution in [0.4, 0.5) is 5.69 Å². The van der Waals surface area contributed by atoms with Crippen LogP contribution in [-0.2, 0) is 9.59 Å². The van der Waals surface area contributed by atoms with Crippen LogP contribution >= 0.6 is 15.9 Å². The van der Waals surface area contributed by atoms with Gasteiger partial charge in [0.2, 0.25) is 0 Å². The van der Waals surface area contributed by atoms with Gasteiger partial charge in [-0.3, -0.25) is 14.5 Å². The first-order valence-electron chi connectivity index (χ1n) is 8.88. The molecular formula is C23H16BrNO4. The average molecular weight is 450 g/mol. The van der Waals surface area contributed by atoms with Crippen molar-refractivity contribution >= 4 is 39.1 Å². The third kappa shape index (κ3) is 3.43.